The number of nitrogens with two attached hydrogens (primary N) is 1. The molecule has 0 fully saturated rings. The van der Waals surface area contributed by atoms with Crippen LogP contribution < -0.4 is 5.73 Å². The lowest BCUT2D eigenvalue weighted by atomic mass is 10.2. The fourth-order valence-electron chi connectivity index (χ4n) is 1.93. The van der Waals surface area contributed by atoms with E-state index in [4.69, 9.17) is 5.73 Å². The molecule has 0 spiro atoms. The van der Waals surface area contributed by atoms with Gasteiger partial charge in [0.1, 0.15) is 11.4 Å². The predicted octanol–water partition coefficient (Wildman–Crippen LogP) is 3.89. The number of rotatable bonds is 3. The van der Waals surface area contributed by atoms with Gasteiger partial charge in [-0.25, -0.2) is 0 Å². The lowest BCUT2D eigenvalue weighted by molar-refractivity contribution is -0.291. The number of hydrogen-bond acceptors (Lipinski definition) is 3. The molecule has 0 amide bonds. The second-order valence-electron chi connectivity index (χ2n) is 5.12. The Labute approximate surface area is 135 Å². The largest absolute Gasteiger partial charge is 0.459 e. The van der Waals surface area contributed by atoms with Gasteiger partial charge in [0, 0.05) is 0 Å². The Bertz CT molecular complexity index is 775. The molecular weight excluding hydrogens is 364 g/mol. The molecule has 4 nitrogen and oxygen atoms in total. The number of aryl methyl sites for hydroxylation is 1. The van der Waals surface area contributed by atoms with Crippen molar-refractivity contribution in [2.24, 2.45) is 0 Å². The van der Waals surface area contributed by atoms with E-state index in [1.165, 1.54) is 19.1 Å². The number of hydrogen-bond donors (Lipinski definition) is 1. The zero-order chi connectivity index (χ0) is 19.2. The van der Waals surface area contributed by atoms with Gasteiger partial charge in [0.05, 0.1) is 23.6 Å². The first-order valence-corrected chi connectivity index (χ1v) is 6.55. The van der Waals surface area contributed by atoms with Crippen molar-refractivity contribution in [1.29, 1.82) is 0 Å². The summed E-state index contributed by atoms with van der Waals surface area (Å²) in [6, 6.07) is 2.21. The highest BCUT2D eigenvalue weighted by atomic mass is 19.4. The van der Waals surface area contributed by atoms with Crippen LogP contribution in [-0.4, -0.2) is 20.9 Å². The van der Waals surface area contributed by atoms with E-state index in [0.717, 1.165) is 0 Å². The van der Waals surface area contributed by atoms with Gasteiger partial charge >= 0.3 is 18.3 Å². The van der Waals surface area contributed by atoms with E-state index in [1.54, 1.807) is 0 Å². The van der Waals surface area contributed by atoms with Crippen LogP contribution in [0.15, 0.2) is 18.2 Å². The summed E-state index contributed by atoms with van der Waals surface area (Å²) in [5.74, 6) is -5.53. The predicted molar refractivity (Wildman–Crippen MR) is 69.7 cm³/mol. The molecule has 0 atom stereocenters. The normalized spacial score (nSPS) is 13.3. The zero-order valence-electron chi connectivity index (χ0n) is 12.4. The highest BCUT2D eigenvalue weighted by molar-refractivity contribution is 5.42. The first-order chi connectivity index (χ1) is 11.2. The average molecular weight is 374 g/mol. The Kier molecular flexibility index (Phi) is 4.43. The summed E-state index contributed by atoms with van der Waals surface area (Å²) in [6.07, 6.45) is -11.3. The molecular formula is C13H10F8N4. The number of pyridine rings is 1. The molecule has 25 heavy (non-hydrogen) atoms. The molecule has 0 saturated heterocycles. The molecule has 2 rings (SSSR count). The summed E-state index contributed by atoms with van der Waals surface area (Å²) in [7, 11) is 0. The van der Waals surface area contributed by atoms with Gasteiger partial charge in [-0.1, -0.05) is 0 Å². The standard InChI is InChI=1S/C13H10F8N4/c1-6-8(22)3-2-7(23-6)5-25-10(12(16,17)18)4-9(24-25)11(14,15)13(19,20)21/h2-4H,5,22H2,1H3. The second-order valence-corrected chi connectivity index (χ2v) is 5.12. The molecule has 0 radical (unpaired) electrons. The summed E-state index contributed by atoms with van der Waals surface area (Å²) in [6.45, 7) is 0.694. The van der Waals surface area contributed by atoms with Crippen molar-refractivity contribution in [3.63, 3.8) is 0 Å². The Morgan fingerprint density at radius 3 is 2.12 bits per heavy atom. The van der Waals surface area contributed by atoms with Crippen LogP contribution in [0.3, 0.4) is 0 Å². The first-order valence-electron chi connectivity index (χ1n) is 6.55. The molecule has 2 aromatic rings. The van der Waals surface area contributed by atoms with Crippen molar-refractivity contribution in [2.45, 2.75) is 31.7 Å². The van der Waals surface area contributed by atoms with E-state index in [-0.39, 0.29) is 27.8 Å². The minimum absolute atomic E-state index is 0.00689. The zero-order valence-corrected chi connectivity index (χ0v) is 12.4. The highest BCUT2D eigenvalue weighted by Crippen LogP contribution is 2.44. The quantitative estimate of drug-likeness (QED) is 0.830. The molecule has 138 valence electrons. The maximum atomic E-state index is 13.3. The Hall–Kier alpha value is -2.40. The molecule has 0 aliphatic heterocycles. The minimum atomic E-state index is -6.08. The molecule has 0 aliphatic rings. The van der Waals surface area contributed by atoms with Gasteiger partial charge in [-0.05, 0) is 25.1 Å². The fraction of sp³-hybridized carbons (Fsp3) is 0.385. The second kappa shape index (κ2) is 5.85. The lowest BCUT2D eigenvalue weighted by Crippen LogP contribution is -2.34. The summed E-state index contributed by atoms with van der Waals surface area (Å²) in [5, 5.41) is 2.82. The molecule has 0 unspecified atom stereocenters. The average Bonchev–Trinajstić information content (AvgIpc) is 2.86. The Morgan fingerprint density at radius 2 is 1.64 bits per heavy atom. The van der Waals surface area contributed by atoms with Crippen molar-refractivity contribution in [3.05, 3.63) is 41.0 Å². The minimum Gasteiger partial charge on any atom is -0.397 e. The molecule has 2 N–H and O–H groups in total. The Morgan fingerprint density at radius 1 is 1.04 bits per heavy atom. The number of nitrogen functional groups attached to an aromatic ring is 1. The Balaban J connectivity index is 2.51. The monoisotopic (exact) mass is 374 g/mol. The van der Waals surface area contributed by atoms with Crippen molar-refractivity contribution >= 4 is 5.69 Å². The smallest absolute Gasteiger partial charge is 0.397 e. The summed E-state index contributed by atoms with van der Waals surface area (Å²) < 4.78 is 103. The molecule has 2 heterocycles. The number of nitrogens with zero attached hydrogens (tertiary/aromatic N) is 3. The van der Waals surface area contributed by atoms with E-state index >= 15 is 0 Å². The summed E-state index contributed by atoms with van der Waals surface area (Å²) in [4.78, 5) is 3.85. The van der Waals surface area contributed by atoms with Crippen LogP contribution in [0, 0.1) is 6.92 Å². The summed E-state index contributed by atoms with van der Waals surface area (Å²) in [5.41, 5.74) is 2.18. The number of halogens is 8. The van der Waals surface area contributed by atoms with Gasteiger partial charge < -0.3 is 5.73 Å². The van der Waals surface area contributed by atoms with Crippen LogP contribution in [0.4, 0.5) is 40.8 Å². The third-order valence-corrected chi connectivity index (χ3v) is 3.24. The molecule has 2 aromatic heterocycles. The topological polar surface area (TPSA) is 56.7 Å². The first kappa shape index (κ1) is 18.9. The number of aromatic nitrogens is 3. The third kappa shape index (κ3) is 3.66. The van der Waals surface area contributed by atoms with Gasteiger partial charge in [0.2, 0.25) is 0 Å². The van der Waals surface area contributed by atoms with E-state index in [2.05, 4.69) is 10.1 Å². The van der Waals surface area contributed by atoms with E-state index in [9.17, 15) is 35.1 Å². The number of anilines is 1. The molecule has 0 aromatic carbocycles. The van der Waals surface area contributed by atoms with Crippen molar-refractivity contribution < 1.29 is 35.1 Å². The van der Waals surface area contributed by atoms with Crippen LogP contribution >= 0.6 is 0 Å². The van der Waals surface area contributed by atoms with Crippen molar-refractivity contribution in [3.8, 4) is 0 Å². The SMILES string of the molecule is Cc1nc(Cn2nc(C(F)(F)C(F)(F)F)cc2C(F)(F)F)ccc1N. The highest BCUT2D eigenvalue weighted by Gasteiger charge is 2.61. The third-order valence-electron chi connectivity index (χ3n) is 3.24. The van der Waals surface area contributed by atoms with Gasteiger partial charge in [-0.3, -0.25) is 9.67 Å². The van der Waals surface area contributed by atoms with E-state index in [1.807, 2.05) is 0 Å². The van der Waals surface area contributed by atoms with Crippen LogP contribution in [0.25, 0.3) is 0 Å². The molecule has 0 saturated carbocycles. The van der Waals surface area contributed by atoms with E-state index in [0.29, 0.717) is 0 Å². The van der Waals surface area contributed by atoms with Gasteiger partial charge in [-0.2, -0.15) is 40.2 Å². The van der Waals surface area contributed by atoms with Crippen LogP contribution in [0.1, 0.15) is 22.8 Å². The fourth-order valence-corrected chi connectivity index (χ4v) is 1.93. The maximum Gasteiger partial charge on any atom is 0.459 e. The van der Waals surface area contributed by atoms with Crippen molar-refractivity contribution in [2.75, 3.05) is 5.73 Å². The number of alkyl halides is 8. The van der Waals surface area contributed by atoms with Gasteiger partial charge in [0.25, 0.3) is 0 Å². The maximum absolute atomic E-state index is 13.3. The molecule has 0 bridgehead atoms. The van der Waals surface area contributed by atoms with Crippen LogP contribution in [-0.2, 0) is 18.6 Å². The van der Waals surface area contributed by atoms with Gasteiger partial charge in [0.15, 0.2) is 0 Å². The van der Waals surface area contributed by atoms with Crippen LogP contribution in [0.5, 0.6) is 0 Å². The molecule has 0 aliphatic carbocycles. The molecule has 12 heteroatoms. The van der Waals surface area contributed by atoms with E-state index < -0.39 is 36.2 Å². The van der Waals surface area contributed by atoms with Gasteiger partial charge in [-0.15, -0.1) is 0 Å². The summed E-state index contributed by atoms with van der Waals surface area (Å²) >= 11 is 0. The van der Waals surface area contributed by atoms with Crippen LogP contribution in [0.2, 0.25) is 0 Å². The lowest BCUT2D eigenvalue weighted by Gasteiger charge is -2.16. The van der Waals surface area contributed by atoms with Crippen molar-refractivity contribution in [1.82, 2.24) is 14.8 Å².